The molecule has 0 spiro atoms. The summed E-state index contributed by atoms with van der Waals surface area (Å²) in [5.41, 5.74) is 9.15. The number of rotatable bonds is 6. The first-order valence-corrected chi connectivity index (χ1v) is 7.20. The topological polar surface area (TPSA) is 111 Å². The van der Waals surface area contributed by atoms with Crippen LogP contribution in [0.1, 0.15) is 11.1 Å². The zero-order valence-corrected chi connectivity index (χ0v) is 12.8. The minimum Gasteiger partial charge on any atom is -0.382 e. The SMILES string of the molecule is Cc1cccc(Nc2cc(NC(=O)C(O)CN)ccc2C=N)c1. The molecule has 0 bridgehead atoms. The van der Waals surface area contributed by atoms with E-state index in [2.05, 4.69) is 10.6 Å². The number of hydrogen-bond acceptors (Lipinski definition) is 5. The van der Waals surface area contributed by atoms with Crippen molar-refractivity contribution in [1.29, 1.82) is 5.41 Å². The molecule has 0 aliphatic heterocycles. The number of nitrogens with two attached hydrogens (primary N) is 1. The maximum absolute atomic E-state index is 11.7. The molecular formula is C17H20N4O2. The minimum atomic E-state index is -1.24. The second-order valence-corrected chi connectivity index (χ2v) is 5.18. The van der Waals surface area contributed by atoms with Gasteiger partial charge in [0.25, 0.3) is 5.91 Å². The highest BCUT2D eigenvalue weighted by molar-refractivity contribution is 5.96. The van der Waals surface area contributed by atoms with E-state index < -0.39 is 12.0 Å². The number of amides is 1. The van der Waals surface area contributed by atoms with E-state index in [9.17, 15) is 9.90 Å². The molecule has 0 aliphatic carbocycles. The molecule has 6 nitrogen and oxygen atoms in total. The molecule has 2 aromatic rings. The summed E-state index contributed by atoms with van der Waals surface area (Å²) in [6.45, 7) is 1.85. The minimum absolute atomic E-state index is 0.140. The summed E-state index contributed by atoms with van der Waals surface area (Å²) in [6.07, 6.45) is -0.0102. The molecule has 0 saturated heterocycles. The van der Waals surface area contributed by atoms with Crippen LogP contribution in [0.25, 0.3) is 0 Å². The van der Waals surface area contributed by atoms with Gasteiger partial charge in [-0.15, -0.1) is 0 Å². The summed E-state index contributed by atoms with van der Waals surface area (Å²) < 4.78 is 0. The Morgan fingerprint density at radius 1 is 1.30 bits per heavy atom. The molecule has 0 fully saturated rings. The third-order valence-corrected chi connectivity index (χ3v) is 3.30. The van der Waals surface area contributed by atoms with Crippen molar-refractivity contribution < 1.29 is 9.90 Å². The Bertz CT molecular complexity index is 715. The lowest BCUT2D eigenvalue weighted by Crippen LogP contribution is -2.34. The lowest BCUT2D eigenvalue weighted by atomic mass is 10.1. The monoisotopic (exact) mass is 312 g/mol. The number of benzene rings is 2. The van der Waals surface area contributed by atoms with Gasteiger partial charge >= 0.3 is 0 Å². The van der Waals surface area contributed by atoms with E-state index in [1.54, 1.807) is 18.2 Å². The lowest BCUT2D eigenvalue weighted by molar-refractivity contribution is -0.123. The molecule has 0 saturated carbocycles. The van der Waals surface area contributed by atoms with Crippen LogP contribution in [0.3, 0.4) is 0 Å². The molecule has 1 unspecified atom stereocenters. The maximum atomic E-state index is 11.7. The Morgan fingerprint density at radius 3 is 2.74 bits per heavy atom. The molecule has 0 aromatic heterocycles. The van der Waals surface area contributed by atoms with Crippen molar-refractivity contribution in [3.63, 3.8) is 0 Å². The zero-order valence-electron chi connectivity index (χ0n) is 12.8. The fraction of sp³-hybridized carbons (Fsp3) is 0.176. The molecule has 0 heterocycles. The molecule has 23 heavy (non-hydrogen) atoms. The number of carbonyl (C=O) groups is 1. The first kappa shape index (κ1) is 16.7. The van der Waals surface area contributed by atoms with E-state index in [0.29, 0.717) is 16.9 Å². The highest BCUT2D eigenvalue weighted by Gasteiger charge is 2.13. The smallest absolute Gasteiger partial charge is 0.254 e. The van der Waals surface area contributed by atoms with Crippen LogP contribution in [0.4, 0.5) is 17.1 Å². The number of aryl methyl sites for hydroxylation is 1. The van der Waals surface area contributed by atoms with E-state index in [1.807, 2.05) is 31.2 Å². The molecule has 2 rings (SSSR count). The molecule has 6 N–H and O–H groups in total. The van der Waals surface area contributed by atoms with Gasteiger partial charge in [-0.2, -0.15) is 0 Å². The van der Waals surface area contributed by atoms with Gasteiger partial charge in [0.2, 0.25) is 0 Å². The summed E-state index contributed by atoms with van der Waals surface area (Å²) in [5.74, 6) is -0.559. The number of aliphatic hydroxyl groups excluding tert-OH is 1. The number of carbonyl (C=O) groups excluding carboxylic acids is 1. The van der Waals surface area contributed by atoms with Crippen molar-refractivity contribution in [1.82, 2.24) is 0 Å². The van der Waals surface area contributed by atoms with E-state index in [-0.39, 0.29) is 6.54 Å². The van der Waals surface area contributed by atoms with Gasteiger partial charge in [0, 0.05) is 35.4 Å². The van der Waals surface area contributed by atoms with Crippen LogP contribution in [0, 0.1) is 12.3 Å². The van der Waals surface area contributed by atoms with Crippen molar-refractivity contribution in [2.45, 2.75) is 13.0 Å². The predicted molar refractivity (Wildman–Crippen MR) is 92.5 cm³/mol. The van der Waals surface area contributed by atoms with E-state index in [1.165, 1.54) is 6.21 Å². The summed E-state index contributed by atoms with van der Waals surface area (Å²) in [5, 5.41) is 22.8. The van der Waals surface area contributed by atoms with Crippen molar-refractivity contribution in [3.8, 4) is 0 Å². The molecule has 0 radical (unpaired) electrons. The Kier molecular flexibility index (Phi) is 5.46. The Labute approximate surface area is 134 Å². The van der Waals surface area contributed by atoms with Gasteiger partial charge in [0.05, 0.1) is 0 Å². The van der Waals surface area contributed by atoms with E-state index >= 15 is 0 Å². The highest BCUT2D eigenvalue weighted by Crippen LogP contribution is 2.24. The van der Waals surface area contributed by atoms with Gasteiger partial charge in [-0.3, -0.25) is 4.79 Å². The Balaban J connectivity index is 2.25. The molecule has 1 atom stereocenters. The average Bonchev–Trinajstić information content (AvgIpc) is 2.54. The molecule has 2 aromatic carbocycles. The van der Waals surface area contributed by atoms with Gasteiger partial charge in [-0.05, 0) is 42.8 Å². The van der Waals surface area contributed by atoms with Gasteiger partial charge < -0.3 is 26.9 Å². The van der Waals surface area contributed by atoms with Gasteiger partial charge in [-0.25, -0.2) is 0 Å². The van der Waals surface area contributed by atoms with Crippen LogP contribution in [-0.4, -0.2) is 29.9 Å². The third kappa shape index (κ3) is 4.38. The second-order valence-electron chi connectivity index (χ2n) is 5.18. The maximum Gasteiger partial charge on any atom is 0.254 e. The lowest BCUT2D eigenvalue weighted by Gasteiger charge is -2.14. The first-order chi connectivity index (χ1) is 11.0. The van der Waals surface area contributed by atoms with Crippen LogP contribution in [-0.2, 0) is 4.79 Å². The molecule has 0 aliphatic rings. The average molecular weight is 312 g/mol. The van der Waals surface area contributed by atoms with Crippen molar-refractivity contribution in [2.75, 3.05) is 17.2 Å². The molecule has 1 amide bonds. The predicted octanol–water partition coefficient (Wildman–Crippen LogP) is 1.99. The van der Waals surface area contributed by atoms with Gasteiger partial charge in [0.15, 0.2) is 0 Å². The summed E-state index contributed by atoms with van der Waals surface area (Å²) in [4.78, 5) is 11.7. The standard InChI is InChI=1S/C17H20N4O2/c1-11-3-2-4-13(7-11)20-15-8-14(6-5-12(15)9-18)21-17(23)16(22)10-19/h2-9,16,18,20,22H,10,19H2,1H3,(H,21,23). The molecular weight excluding hydrogens is 292 g/mol. The zero-order chi connectivity index (χ0) is 16.8. The quantitative estimate of drug-likeness (QED) is 0.525. The van der Waals surface area contributed by atoms with Crippen LogP contribution in [0.2, 0.25) is 0 Å². The number of aliphatic hydroxyl groups is 1. The molecule has 6 heteroatoms. The normalized spacial score (nSPS) is 11.6. The van der Waals surface area contributed by atoms with Gasteiger partial charge in [-0.1, -0.05) is 12.1 Å². The fourth-order valence-electron chi connectivity index (χ4n) is 2.08. The first-order valence-electron chi connectivity index (χ1n) is 7.20. The van der Waals surface area contributed by atoms with Crippen LogP contribution in [0.5, 0.6) is 0 Å². The van der Waals surface area contributed by atoms with Crippen molar-refractivity contribution in [3.05, 3.63) is 53.6 Å². The van der Waals surface area contributed by atoms with Crippen LogP contribution < -0.4 is 16.4 Å². The second kappa shape index (κ2) is 7.53. The Morgan fingerprint density at radius 2 is 2.09 bits per heavy atom. The van der Waals surface area contributed by atoms with Crippen LogP contribution in [0.15, 0.2) is 42.5 Å². The number of anilines is 3. The van der Waals surface area contributed by atoms with E-state index in [0.717, 1.165) is 11.3 Å². The third-order valence-electron chi connectivity index (χ3n) is 3.30. The Hall–Kier alpha value is -2.70. The van der Waals surface area contributed by atoms with Crippen molar-refractivity contribution >= 4 is 29.2 Å². The summed E-state index contributed by atoms with van der Waals surface area (Å²) in [7, 11) is 0. The largest absolute Gasteiger partial charge is 0.382 e. The van der Waals surface area contributed by atoms with Crippen molar-refractivity contribution in [2.24, 2.45) is 5.73 Å². The van der Waals surface area contributed by atoms with Gasteiger partial charge in [0.1, 0.15) is 6.10 Å². The molecule has 120 valence electrons. The summed E-state index contributed by atoms with van der Waals surface area (Å²) >= 11 is 0. The number of hydrogen-bond donors (Lipinski definition) is 5. The summed E-state index contributed by atoms with van der Waals surface area (Å²) in [6, 6.07) is 12.9. The van der Waals surface area contributed by atoms with Crippen LogP contribution >= 0.6 is 0 Å². The van der Waals surface area contributed by atoms with E-state index in [4.69, 9.17) is 11.1 Å². The fourth-order valence-corrected chi connectivity index (χ4v) is 2.08. The highest BCUT2D eigenvalue weighted by atomic mass is 16.3. The number of nitrogens with one attached hydrogen (secondary N) is 3.